The van der Waals surface area contributed by atoms with E-state index in [1.54, 1.807) is 7.05 Å². The van der Waals surface area contributed by atoms with E-state index in [1.165, 1.54) is 23.1 Å². The Labute approximate surface area is 110 Å². The highest BCUT2D eigenvalue weighted by Gasteiger charge is 2.32. The summed E-state index contributed by atoms with van der Waals surface area (Å²) in [4.78, 5) is 29.1. The van der Waals surface area contributed by atoms with Crippen LogP contribution >= 0.6 is 0 Å². The van der Waals surface area contributed by atoms with Crippen LogP contribution in [0.25, 0.3) is 0 Å². The highest BCUT2D eigenvalue weighted by Crippen LogP contribution is 2.19. The fourth-order valence-corrected chi connectivity index (χ4v) is 2.29. The Bertz CT molecular complexity index is 493. The van der Waals surface area contributed by atoms with Crippen LogP contribution in [0.3, 0.4) is 0 Å². The number of hydrogen-bond donors (Lipinski definition) is 1. The van der Waals surface area contributed by atoms with Gasteiger partial charge in [0.15, 0.2) is 0 Å². The largest absolute Gasteiger partial charge is 0.357 e. The van der Waals surface area contributed by atoms with Crippen molar-refractivity contribution in [3.63, 3.8) is 0 Å². The molecule has 102 valence electrons. The number of halogens is 1. The van der Waals surface area contributed by atoms with E-state index in [4.69, 9.17) is 0 Å². The zero-order valence-electron chi connectivity index (χ0n) is 10.7. The van der Waals surface area contributed by atoms with Crippen molar-refractivity contribution in [1.82, 2.24) is 15.2 Å². The van der Waals surface area contributed by atoms with E-state index in [2.05, 4.69) is 10.3 Å². The summed E-state index contributed by atoms with van der Waals surface area (Å²) < 4.78 is 13.1. The first-order valence-corrected chi connectivity index (χ1v) is 6.28. The fourth-order valence-electron chi connectivity index (χ4n) is 2.29. The molecule has 1 unspecified atom stereocenters. The number of pyridine rings is 1. The molecule has 1 aromatic rings. The van der Waals surface area contributed by atoms with Crippen LogP contribution in [0.2, 0.25) is 0 Å². The number of carbonyl (C=O) groups is 2. The second kappa shape index (κ2) is 5.77. The van der Waals surface area contributed by atoms with Crippen molar-refractivity contribution in [3.8, 4) is 0 Å². The Kier molecular flexibility index (Phi) is 4.09. The number of hydrogen-bond acceptors (Lipinski definition) is 3. The predicted molar refractivity (Wildman–Crippen MR) is 66.9 cm³/mol. The standard InChI is InChI=1S/C13H16FN3O2/c1-15-12(18)10-6-2-3-8-17(10)13(19)9-5-4-7-11(14)16-9/h4-5,7,10H,2-3,6,8H2,1H3,(H,15,18). The molecule has 19 heavy (non-hydrogen) atoms. The van der Waals surface area contributed by atoms with Crippen molar-refractivity contribution in [2.24, 2.45) is 0 Å². The van der Waals surface area contributed by atoms with Crippen LogP contribution in [0.15, 0.2) is 18.2 Å². The molecule has 1 aliphatic heterocycles. The summed E-state index contributed by atoms with van der Waals surface area (Å²) in [6.07, 6.45) is 2.37. The molecular weight excluding hydrogens is 249 g/mol. The fraction of sp³-hybridized carbons (Fsp3) is 0.462. The maximum absolute atomic E-state index is 13.1. The lowest BCUT2D eigenvalue weighted by atomic mass is 10.0. The van der Waals surface area contributed by atoms with Gasteiger partial charge in [0.2, 0.25) is 11.9 Å². The molecule has 0 aromatic carbocycles. The molecule has 0 saturated carbocycles. The van der Waals surface area contributed by atoms with Crippen molar-refractivity contribution in [3.05, 3.63) is 29.8 Å². The van der Waals surface area contributed by atoms with Gasteiger partial charge in [0.05, 0.1) is 0 Å². The lowest BCUT2D eigenvalue weighted by Crippen LogP contribution is -2.51. The van der Waals surface area contributed by atoms with E-state index in [9.17, 15) is 14.0 Å². The summed E-state index contributed by atoms with van der Waals surface area (Å²) >= 11 is 0. The topological polar surface area (TPSA) is 62.3 Å². The SMILES string of the molecule is CNC(=O)C1CCCCN1C(=O)c1cccc(F)n1. The predicted octanol–water partition coefficient (Wildman–Crippen LogP) is 0.961. The van der Waals surface area contributed by atoms with E-state index in [0.29, 0.717) is 13.0 Å². The van der Waals surface area contributed by atoms with Gasteiger partial charge in [0.1, 0.15) is 11.7 Å². The molecule has 6 heteroatoms. The molecule has 1 atom stereocenters. The van der Waals surface area contributed by atoms with Gasteiger partial charge < -0.3 is 10.2 Å². The van der Waals surface area contributed by atoms with Gasteiger partial charge in [-0.3, -0.25) is 9.59 Å². The monoisotopic (exact) mass is 265 g/mol. The average molecular weight is 265 g/mol. The highest BCUT2D eigenvalue weighted by molar-refractivity contribution is 5.96. The first-order chi connectivity index (χ1) is 9.13. The van der Waals surface area contributed by atoms with Crippen molar-refractivity contribution in [1.29, 1.82) is 0 Å². The molecule has 1 N–H and O–H groups in total. The molecule has 2 heterocycles. The van der Waals surface area contributed by atoms with Gasteiger partial charge in [-0.25, -0.2) is 4.98 Å². The summed E-state index contributed by atoms with van der Waals surface area (Å²) in [7, 11) is 1.54. The molecule has 1 aliphatic rings. The number of likely N-dealkylation sites (N-methyl/N-ethyl adjacent to an activating group) is 1. The van der Waals surface area contributed by atoms with Crippen LogP contribution in [0.1, 0.15) is 29.8 Å². The smallest absolute Gasteiger partial charge is 0.273 e. The number of amides is 2. The first kappa shape index (κ1) is 13.5. The zero-order chi connectivity index (χ0) is 13.8. The minimum Gasteiger partial charge on any atom is -0.357 e. The van der Waals surface area contributed by atoms with E-state index in [-0.39, 0.29) is 11.6 Å². The van der Waals surface area contributed by atoms with Crippen molar-refractivity contribution < 1.29 is 14.0 Å². The average Bonchev–Trinajstić information content (AvgIpc) is 2.45. The summed E-state index contributed by atoms with van der Waals surface area (Å²) in [5, 5.41) is 2.56. The highest BCUT2D eigenvalue weighted by atomic mass is 19.1. The Balaban J connectivity index is 2.22. The minimum absolute atomic E-state index is 0.0378. The molecule has 1 saturated heterocycles. The molecule has 0 aliphatic carbocycles. The van der Waals surface area contributed by atoms with Crippen LogP contribution in [0.5, 0.6) is 0 Å². The first-order valence-electron chi connectivity index (χ1n) is 6.28. The van der Waals surface area contributed by atoms with E-state index < -0.39 is 17.9 Å². The van der Waals surface area contributed by atoms with Crippen molar-refractivity contribution in [2.75, 3.05) is 13.6 Å². The molecule has 0 radical (unpaired) electrons. The number of nitrogens with one attached hydrogen (secondary N) is 1. The molecule has 2 rings (SSSR count). The Morgan fingerprint density at radius 3 is 2.89 bits per heavy atom. The van der Waals surface area contributed by atoms with Crippen LogP contribution in [0.4, 0.5) is 4.39 Å². The van der Waals surface area contributed by atoms with E-state index in [0.717, 1.165) is 12.8 Å². The second-order valence-corrected chi connectivity index (χ2v) is 4.47. The quantitative estimate of drug-likeness (QED) is 0.810. The third kappa shape index (κ3) is 2.89. The Morgan fingerprint density at radius 2 is 2.21 bits per heavy atom. The number of rotatable bonds is 2. The van der Waals surface area contributed by atoms with E-state index >= 15 is 0 Å². The van der Waals surface area contributed by atoms with Gasteiger partial charge in [-0.1, -0.05) is 6.07 Å². The molecule has 0 bridgehead atoms. The molecule has 1 aromatic heterocycles. The van der Waals surface area contributed by atoms with E-state index in [1.807, 2.05) is 0 Å². The lowest BCUT2D eigenvalue weighted by molar-refractivity contribution is -0.126. The third-order valence-electron chi connectivity index (χ3n) is 3.25. The summed E-state index contributed by atoms with van der Waals surface area (Å²) in [6.45, 7) is 0.495. The van der Waals surface area contributed by atoms with Gasteiger partial charge in [-0.15, -0.1) is 0 Å². The Hall–Kier alpha value is -1.98. The van der Waals surface area contributed by atoms with Gasteiger partial charge in [-0.05, 0) is 31.4 Å². The van der Waals surface area contributed by atoms with Crippen molar-refractivity contribution in [2.45, 2.75) is 25.3 Å². The van der Waals surface area contributed by atoms with Crippen LogP contribution < -0.4 is 5.32 Å². The number of likely N-dealkylation sites (tertiary alicyclic amines) is 1. The van der Waals surface area contributed by atoms with Crippen molar-refractivity contribution >= 4 is 11.8 Å². The Morgan fingerprint density at radius 1 is 1.42 bits per heavy atom. The zero-order valence-corrected chi connectivity index (χ0v) is 10.7. The normalized spacial score (nSPS) is 19.1. The second-order valence-electron chi connectivity index (χ2n) is 4.47. The number of nitrogens with zero attached hydrogens (tertiary/aromatic N) is 2. The van der Waals surface area contributed by atoms with Gasteiger partial charge >= 0.3 is 0 Å². The third-order valence-corrected chi connectivity index (χ3v) is 3.25. The van der Waals surface area contributed by atoms with Crippen LogP contribution in [-0.2, 0) is 4.79 Å². The molecular formula is C13H16FN3O2. The summed E-state index contributed by atoms with van der Waals surface area (Å²) in [5.74, 6) is -1.28. The minimum atomic E-state index is -0.695. The maximum atomic E-state index is 13.1. The molecule has 5 nitrogen and oxygen atoms in total. The lowest BCUT2D eigenvalue weighted by Gasteiger charge is -2.34. The van der Waals surface area contributed by atoms with Gasteiger partial charge in [0.25, 0.3) is 5.91 Å². The summed E-state index contributed by atoms with van der Waals surface area (Å²) in [6, 6.07) is 3.59. The molecule has 1 fully saturated rings. The number of carbonyl (C=O) groups excluding carboxylic acids is 2. The number of piperidine rings is 1. The van der Waals surface area contributed by atoms with Gasteiger partial charge in [0, 0.05) is 13.6 Å². The summed E-state index contributed by atoms with van der Waals surface area (Å²) in [5.41, 5.74) is 0.0378. The van der Waals surface area contributed by atoms with Crippen LogP contribution in [-0.4, -0.2) is 41.3 Å². The maximum Gasteiger partial charge on any atom is 0.273 e. The molecule has 0 spiro atoms. The molecule has 2 amide bonds. The number of aromatic nitrogens is 1. The van der Waals surface area contributed by atoms with Crippen LogP contribution in [0, 0.1) is 5.95 Å². The van der Waals surface area contributed by atoms with Gasteiger partial charge in [-0.2, -0.15) is 4.39 Å².